The topological polar surface area (TPSA) is 72.2 Å². The zero-order valence-electron chi connectivity index (χ0n) is 10.9. The number of anilines is 2. The Labute approximate surface area is 117 Å². The molecule has 106 valence electrons. The lowest BCUT2D eigenvalue weighted by Crippen LogP contribution is -2.02. The van der Waals surface area contributed by atoms with Crippen LogP contribution in [0.15, 0.2) is 47.4 Å². The van der Waals surface area contributed by atoms with Crippen molar-refractivity contribution in [3.8, 4) is 0 Å². The summed E-state index contributed by atoms with van der Waals surface area (Å²) in [4.78, 5) is 0.274. The van der Waals surface area contributed by atoms with Gasteiger partial charge in [0.25, 0.3) is 0 Å². The van der Waals surface area contributed by atoms with E-state index in [2.05, 4.69) is 5.32 Å². The third kappa shape index (κ3) is 3.71. The van der Waals surface area contributed by atoms with Gasteiger partial charge in [-0.2, -0.15) is 0 Å². The highest BCUT2D eigenvalue weighted by molar-refractivity contribution is 7.90. The van der Waals surface area contributed by atoms with Crippen molar-refractivity contribution < 1.29 is 12.8 Å². The molecule has 2 aromatic carbocycles. The molecule has 0 unspecified atom stereocenters. The van der Waals surface area contributed by atoms with E-state index in [1.54, 1.807) is 30.3 Å². The van der Waals surface area contributed by atoms with Gasteiger partial charge in [-0.25, -0.2) is 12.8 Å². The van der Waals surface area contributed by atoms with E-state index in [1.165, 1.54) is 12.1 Å². The monoisotopic (exact) mass is 294 g/mol. The van der Waals surface area contributed by atoms with Crippen LogP contribution in [0.4, 0.5) is 15.8 Å². The first-order chi connectivity index (χ1) is 9.34. The van der Waals surface area contributed by atoms with Crippen molar-refractivity contribution in [1.82, 2.24) is 0 Å². The summed E-state index contributed by atoms with van der Waals surface area (Å²) in [6, 6.07) is 10.7. The number of hydrogen-bond acceptors (Lipinski definition) is 4. The Hall–Kier alpha value is -2.08. The maximum atomic E-state index is 13.2. The summed E-state index contributed by atoms with van der Waals surface area (Å²) >= 11 is 0. The Morgan fingerprint density at radius 3 is 2.35 bits per heavy atom. The quantitative estimate of drug-likeness (QED) is 0.849. The first-order valence-electron chi connectivity index (χ1n) is 5.93. The van der Waals surface area contributed by atoms with Crippen LogP contribution >= 0.6 is 0 Å². The van der Waals surface area contributed by atoms with Crippen LogP contribution in [-0.2, 0) is 16.4 Å². The second-order valence-electron chi connectivity index (χ2n) is 4.54. The van der Waals surface area contributed by atoms with Crippen molar-refractivity contribution in [1.29, 1.82) is 0 Å². The molecule has 0 atom stereocenters. The zero-order chi connectivity index (χ0) is 14.8. The predicted molar refractivity (Wildman–Crippen MR) is 77.7 cm³/mol. The van der Waals surface area contributed by atoms with E-state index in [0.717, 1.165) is 11.8 Å². The summed E-state index contributed by atoms with van der Waals surface area (Å²) in [6.45, 7) is 0.451. The molecule has 0 spiro atoms. The number of nitrogens with one attached hydrogen (secondary N) is 1. The Morgan fingerprint density at radius 2 is 1.80 bits per heavy atom. The second kappa shape index (κ2) is 5.50. The largest absolute Gasteiger partial charge is 0.399 e. The van der Waals surface area contributed by atoms with Crippen LogP contribution in [0.5, 0.6) is 0 Å². The lowest BCUT2D eigenvalue weighted by Gasteiger charge is -2.08. The first kappa shape index (κ1) is 14.3. The van der Waals surface area contributed by atoms with Gasteiger partial charge in [0.15, 0.2) is 9.84 Å². The van der Waals surface area contributed by atoms with Crippen LogP contribution in [-0.4, -0.2) is 14.7 Å². The van der Waals surface area contributed by atoms with Crippen LogP contribution in [0.2, 0.25) is 0 Å². The minimum absolute atomic E-state index is 0.274. The van der Waals surface area contributed by atoms with Crippen LogP contribution < -0.4 is 11.1 Å². The Kier molecular flexibility index (Phi) is 3.94. The molecule has 3 N–H and O–H groups in total. The molecule has 0 aliphatic heterocycles. The average molecular weight is 294 g/mol. The number of nitrogen functional groups attached to an aromatic ring is 1. The molecule has 0 aliphatic rings. The summed E-state index contributed by atoms with van der Waals surface area (Å²) in [5.41, 5.74) is 7.36. The van der Waals surface area contributed by atoms with Gasteiger partial charge < -0.3 is 11.1 Å². The third-order valence-corrected chi connectivity index (χ3v) is 3.90. The highest BCUT2D eigenvalue weighted by Crippen LogP contribution is 2.17. The van der Waals surface area contributed by atoms with E-state index in [4.69, 9.17) is 5.73 Å². The molecule has 4 nitrogen and oxygen atoms in total. The summed E-state index contributed by atoms with van der Waals surface area (Å²) in [5, 5.41) is 3.03. The van der Waals surface area contributed by atoms with Crippen LogP contribution in [0.3, 0.4) is 0 Å². The Bertz CT molecular complexity index is 692. The lowest BCUT2D eigenvalue weighted by atomic mass is 10.2. The fourth-order valence-electron chi connectivity index (χ4n) is 1.77. The molecule has 0 saturated carbocycles. The molecule has 0 amide bonds. The average Bonchev–Trinajstić information content (AvgIpc) is 2.35. The zero-order valence-corrected chi connectivity index (χ0v) is 11.7. The van der Waals surface area contributed by atoms with Gasteiger partial charge in [-0.3, -0.25) is 0 Å². The van der Waals surface area contributed by atoms with E-state index in [-0.39, 0.29) is 4.90 Å². The molecule has 6 heteroatoms. The van der Waals surface area contributed by atoms with Crippen LogP contribution in [0, 0.1) is 5.82 Å². The smallest absolute Gasteiger partial charge is 0.175 e. The molecule has 0 radical (unpaired) electrons. The minimum Gasteiger partial charge on any atom is -0.399 e. The third-order valence-electron chi connectivity index (χ3n) is 2.77. The molecule has 2 aromatic rings. The van der Waals surface area contributed by atoms with Gasteiger partial charge in [0, 0.05) is 24.2 Å². The number of hydrogen-bond donors (Lipinski definition) is 2. The number of rotatable bonds is 4. The summed E-state index contributed by atoms with van der Waals surface area (Å²) < 4.78 is 35.8. The lowest BCUT2D eigenvalue weighted by molar-refractivity contribution is 0.602. The van der Waals surface area contributed by atoms with Crippen molar-refractivity contribution in [2.75, 3.05) is 17.3 Å². The molecule has 0 aromatic heterocycles. The Morgan fingerprint density at radius 1 is 1.15 bits per heavy atom. The summed E-state index contributed by atoms with van der Waals surface area (Å²) in [6.07, 6.45) is 1.16. The fraction of sp³-hybridized carbons (Fsp3) is 0.143. The van der Waals surface area contributed by atoms with Crippen molar-refractivity contribution in [2.45, 2.75) is 11.4 Å². The van der Waals surface area contributed by atoms with Gasteiger partial charge in [0.05, 0.1) is 4.90 Å². The first-order valence-corrected chi connectivity index (χ1v) is 7.83. The van der Waals surface area contributed by atoms with Crippen molar-refractivity contribution >= 4 is 21.2 Å². The fourth-order valence-corrected chi connectivity index (χ4v) is 2.40. The molecular formula is C14H15FN2O2S. The SMILES string of the molecule is CS(=O)(=O)c1ccc(CNc2cc(N)cc(F)c2)cc1. The number of halogens is 1. The van der Waals surface area contributed by atoms with Crippen LogP contribution in [0.25, 0.3) is 0 Å². The molecular weight excluding hydrogens is 279 g/mol. The van der Waals surface area contributed by atoms with Gasteiger partial charge in [0.1, 0.15) is 5.82 Å². The van der Waals surface area contributed by atoms with Gasteiger partial charge in [-0.15, -0.1) is 0 Å². The van der Waals surface area contributed by atoms with E-state index in [9.17, 15) is 12.8 Å². The van der Waals surface area contributed by atoms with Gasteiger partial charge in [-0.1, -0.05) is 12.1 Å². The molecule has 0 heterocycles. The van der Waals surface area contributed by atoms with Crippen molar-refractivity contribution in [3.05, 3.63) is 53.8 Å². The summed E-state index contributed by atoms with van der Waals surface area (Å²) in [5.74, 6) is -0.403. The van der Waals surface area contributed by atoms with E-state index >= 15 is 0 Å². The minimum atomic E-state index is -3.18. The number of benzene rings is 2. The summed E-state index contributed by atoms with van der Waals surface area (Å²) in [7, 11) is -3.18. The molecule has 0 aliphatic carbocycles. The van der Waals surface area contributed by atoms with Crippen molar-refractivity contribution in [3.63, 3.8) is 0 Å². The molecule has 0 bridgehead atoms. The number of sulfone groups is 1. The molecule has 2 rings (SSSR count). The standard InChI is InChI=1S/C14H15FN2O2S/c1-20(18,19)14-4-2-10(3-5-14)9-17-13-7-11(15)6-12(16)8-13/h2-8,17H,9,16H2,1H3. The molecule has 20 heavy (non-hydrogen) atoms. The van der Waals surface area contributed by atoms with E-state index < -0.39 is 15.7 Å². The highest BCUT2D eigenvalue weighted by atomic mass is 32.2. The second-order valence-corrected chi connectivity index (χ2v) is 6.56. The maximum Gasteiger partial charge on any atom is 0.175 e. The highest BCUT2D eigenvalue weighted by Gasteiger charge is 2.06. The van der Waals surface area contributed by atoms with Gasteiger partial charge in [-0.05, 0) is 35.9 Å². The predicted octanol–water partition coefficient (Wildman–Crippen LogP) is 2.42. The normalized spacial score (nSPS) is 11.3. The van der Waals surface area contributed by atoms with Gasteiger partial charge >= 0.3 is 0 Å². The van der Waals surface area contributed by atoms with E-state index in [1.807, 2.05) is 0 Å². The van der Waals surface area contributed by atoms with Crippen molar-refractivity contribution in [2.24, 2.45) is 0 Å². The van der Waals surface area contributed by atoms with Gasteiger partial charge in [0.2, 0.25) is 0 Å². The maximum absolute atomic E-state index is 13.2. The van der Waals surface area contributed by atoms with Crippen LogP contribution in [0.1, 0.15) is 5.56 Å². The van der Waals surface area contributed by atoms with E-state index in [0.29, 0.717) is 17.9 Å². The Balaban J connectivity index is 2.07. The molecule has 0 fully saturated rings. The number of nitrogens with two attached hydrogens (primary N) is 1. The molecule has 0 saturated heterocycles.